The zero-order valence-corrected chi connectivity index (χ0v) is 16.3. The summed E-state index contributed by atoms with van der Waals surface area (Å²) in [6, 6.07) is -0.510. The average molecular weight is 373 g/mol. The Balaban J connectivity index is 2.57. The summed E-state index contributed by atoms with van der Waals surface area (Å²) in [5.41, 5.74) is -1.21. The number of hydrogen-bond donors (Lipinski definition) is 3. The molecule has 1 aromatic heterocycles. The monoisotopic (exact) mass is 373 g/mol. The third kappa shape index (κ3) is 9.25. The van der Waals surface area contributed by atoms with E-state index < -0.39 is 29.4 Å². The molecule has 1 atom stereocenters. The number of aliphatic hydroxyl groups is 1. The Labute approximate surface area is 151 Å². The fourth-order valence-electron chi connectivity index (χ4n) is 1.73. The number of nitrogens with one attached hydrogen (secondary N) is 2. The zero-order chi connectivity index (χ0) is 19.3. The first-order chi connectivity index (χ1) is 11.4. The van der Waals surface area contributed by atoms with Crippen molar-refractivity contribution >= 4 is 28.7 Å². The van der Waals surface area contributed by atoms with Gasteiger partial charge in [-0.05, 0) is 41.5 Å². The molecule has 2 amide bonds. The van der Waals surface area contributed by atoms with Gasteiger partial charge in [-0.3, -0.25) is 5.32 Å². The second-order valence-electron chi connectivity index (χ2n) is 7.49. The lowest BCUT2D eigenvalue weighted by atomic mass is 10.2. The van der Waals surface area contributed by atoms with Gasteiger partial charge in [-0.1, -0.05) is 0 Å². The molecule has 0 saturated heterocycles. The summed E-state index contributed by atoms with van der Waals surface area (Å²) in [6.45, 7) is 10.4. The predicted molar refractivity (Wildman–Crippen MR) is 95.9 cm³/mol. The summed E-state index contributed by atoms with van der Waals surface area (Å²) in [7, 11) is 0. The van der Waals surface area contributed by atoms with Crippen molar-refractivity contribution in [2.24, 2.45) is 0 Å². The maximum atomic E-state index is 11.8. The maximum absolute atomic E-state index is 11.8. The number of amides is 2. The highest BCUT2D eigenvalue weighted by atomic mass is 32.1. The van der Waals surface area contributed by atoms with Crippen molar-refractivity contribution in [1.82, 2.24) is 10.3 Å². The quantitative estimate of drug-likeness (QED) is 0.732. The number of aromatic nitrogens is 1. The van der Waals surface area contributed by atoms with Crippen LogP contribution >= 0.6 is 11.3 Å². The smallest absolute Gasteiger partial charge is 0.413 e. The Kier molecular flexibility index (Phi) is 7.18. The van der Waals surface area contributed by atoms with Crippen LogP contribution in [0.25, 0.3) is 0 Å². The molecule has 25 heavy (non-hydrogen) atoms. The van der Waals surface area contributed by atoms with E-state index in [0.29, 0.717) is 11.6 Å². The summed E-state index contributed by atoms with van der Waals surface area (Å²) in [4.78, 5) is 28.4. The third-order valence-electron chi connectivity index (χ3n) is 2.55. The summed E-state index contributed by atoms with van der Waals surface area (Å²) >= 11 is 1.24. The minimum atomic E-state index is -0.612. The lowest BCUT2D eigenvalue weighted by molar-refractivity contribution is 0.0482. The van der Waals surface area contributed by atoms with Crippen LogP contribution in [0.2, 0.25) is 0 Å². The molecule has 0 spiro atoms. The number of hydrogen-bond acceptors (Lipinski definition) is 7. The molecule has 0 fully saturated rings. The van der Waals surface area contributed by atoms with Crippen molar-refractivity contribution in [1.29, 1.82) is 0 Å². The lowest BCUT2D eigenvalue weighted by Crippen LogP contribution is -2.42. The number of nitrogens with zero attached hydrogens (tertiary/aromatic N) is 1. The molecule has 0 unspecified atom stereocenters. The Morgan fingerprint density at radius 3 is 2.24 bits per heavy atom. The number of thiazole rings is 1. The fraction of sp³-hybridized carbons (Fsp3) is 0.688. The van der Waals surface area contributed by atoms with Gasteiger partial charge in [-0.15, -0.1) is 11.3 Å². The molecule has 0 aliphatic rings. The highest BCUT2D eigenvalue weighted by molar-refractivity contribution is 7.15. The van der Waals surface area contributed by atoms with E-state index in [1.54, 1.807) is 47.7 Å². The van der Waals surface area contributed by atoms with Crippen LogP contribution in [0.3, 0.4) is 0 Å². The first-order valence-corrected chi connectivity index (χ1v) is 8.74. The van der Waals surface area contributed by atoms with Gasteiger partial charge < -0.3 is 19.9 Å². The average Bonchev–Trinajstić information content (AvgIpc) is 2.80. The second kappa shape index (κ2) is 8.48. The van der Waals surface area contributed by atoms with Gasteiger partial charge in [0, 0.05) is 17.5 Å². The number of alkyl carbamates (subject to hydrolysis) is 1. The number of rotatable bonds is 5. The topological polar surface area (TPSA) is 110 Å². The van der Waals surface area contributed by atoms with Gasteiger partial charge in [0.2, 0.25) is 0 Å². The van der Waals surface area contributed by atoms with E-state index in [9.17, 15) is 14.7 Å². The molecular formula is C16H27N3O5S. The molecule has 8 nitrogen and oxygen atoms in total. The maximum Gasteiger partial charge on any atom is 0.413 e. The molecule has 0 aromatic carbocycles. The number of carbonyl (C=O) groups excluding carboxylic acids is 2. The molecule has 0 saturated carbocycles. The first kappa shape index (κ1) is 21.2. The van der Waals surface area contributed by atoms with Gasteiger partial charge in [0.1, 0.15) is 11.2 Å². The van der Waals surface area contributed by atoms with Crippen LogP contribution in [-0.4, -0.2) is 46.1 Å². The fourth-order valence-corrected chi connectivity index (χ4v) is 2.61. The molecule has 0 aliphatic carbocycles. The van der Waals surface area contributed by atoms with E-state index in [2.05, 4.69) is 15.6 Å². The van der Waals surface area contributed by atoms with E-state index in [1.807, 2.05) is 0 Å². The van der Waals surface area contributed by atoms with E-state index in [1.165, 1.54) is 11.3 Å². The van der Waals surface area contributed by atoms with Crippen LogP contribution in [-0.2, 0) is 15.9 Å². The van der Waals surface area contributed by atoms with Crippen molar-refractivity contribution in [3.05, 3.63) is 11.1 Å². The van der Waals surface area contributed by atoms with Crippen LogP contribution in [0.1, 0.15) is 46.4 Å². The molecule has 142 valence electrons. The molecule has 1 aromatic rings. The standard InChI is InChI=1S/C16H27N3O5S/c1-15(2,3)23-13(21)18-10(9-20)7-11-8-17-12(25-11)19-14(22)24-16(4,5)6/h8,10,20H,7,9H2,1-6H3,(H,18,21)(H,17,19,22)/t10-/m1/s1. The van der Waals surface area contributed by atoms with Crippen LogP contribution in [0.4, 0.5) is 14.7 Å². The number of ether oxygens (including phenoxy) is 2. The lowest BCUT2D eigenvalue weighted by Gasteiger charge is -2.22. The zero-order valence-electron chi connectivity index (χ0n) is 15.5. The highest BCUT2D eigenvalue weighted by Gasteiger charge is 2.21. The van der Waals surface area contributed by atoms with Crippen LogP contribution in [0.5, 0.6) is 0 Å². The van der Waals surface area contributed by atoms with Gasteiger partial charge >= 0.3 is 12.2 Å². The van der Waals surface area contributed by atoms with Gasteiger partial charge in [0.25, 0.3) is 0 Å². The molecular weight excluding hydrogens is 346 g/mol. The minimum Gasteiger partial charge on any atom is -0.444 e. The summed E-state index contributed by atoms with van der Waals surface area (Å²) in [5.74, 6) is 0. The van der Waals surface area contributed by atoms with Gasteiger partial charge in [-0.25, -0.2) is 14.6 Å². The van der Waals surface area contributed by atoms with Crippen molar-refractivity contribution in [2.45, 2.75) is 65.2 Å². The van der Waals surface area contributed by atoms with Crippen molar-refractivity contribution in [2.75, 3.05) is 11.9 Å². The van der Waals surface area contributed by atoms with Gasteiger partial charge in [0.05, 0.1) is 12.6 Å². The van der Waals surface area contributed by atoms with Crippen molar-refractivity contribution in [3.63, 3.8) is 0 Å². The molecule has 0 radical (unpaired) electrons. The van der Waals surface area contributed by atoms with Gasteiger partial charge in [0.15, 0.2) is 5.13 Å². The van der Waals surface area contributed by atoms with E-state index in [4.69, 9.17) is 9.47 Å². The van der Waals surface area contributed by atoms with Gasteiger partial charge in [-0.2, -0.15) is 0 Å². The summed E-state index contributed by atoms with van der Waals surface area (Å²) in [6.07, 6.45) is 0.766. The van der Waals surface area contributed by atoms with E-state index in [-0.39, 0.29) is 6.61 Å². The van der Waals surface area contributed by atoms with E-state index >= 15 is 0 Å². The number of carbonyl (C=O) groups is 2. The van der Waals surface area contributed by atoms with Crippen molar-refractivity contribution in [3.8, 4) is 0 Å². The predicted octanol–water partition coefficient (Wildman–Crippen LogP) is 2.92. The highest BCUT2D eigenvalue weighted by Crippen LogP contribution is 2.20. The largest absolute Gasteiger partial charge is 0.444 e. The van der Waals surface area contributed by atoms with Crippen LogP contribution in [0.15, 0.2) is 6.20 Å². The normalized spacial score (nSPS) is 13.1. The third-order valence-corrected chi connectivity index (χ3v) is 3.49. The minimum absolute atomic E-state index is 0.244. The molecule has 3 N–H and O–H groups in total. The number of anilines is 1. The molecule has 1 rings (SSSR count). The Hall–Kier alpha value is -1.87. The summed E-state index contributed by atoms with van der Waals surface area (Å²) < 4.78 is 10.3. The van der Waals surface area contributed by atoms with Crippen LogP contribution in [0, 0.1) is 0 Å². The Morgan fingerprint density at radius 1 is 1.16 bits per heavy atom. The SMILES string of the molecule is CC(C)(C)OC(=O)Nc1ncc(C[C@H](CO)NC(=O)OC(C)(C)C)s1. The van der Waals surface area contributed by atoms with Crippen molar-refractivity contribution < 1.29 is 24.2 Å². The first-order valence-electron chi connectivity index (χ1n) is 7.93. The molecule has 1 heterocycles. The van der Waals surface area contributed by atoms with Crippen LogP contribution < -0.4 is 10.6 Å². The second-order valence-corrected chi connectivity index (χ2v) is 8.60. The molecule has 0 bridgehead atoms. The Bertz CT molecular complexity index is 589. The number of aliphatic hydroxyl groups excluding tert-OH is 1. The Morgan fingerprint density at radius 2 is 1.72 bits per heavy atom. The molecule has 0 aliphatic heterocycles. The summed E-state index contributed by atoms with van der Waals surface area (Å²) in [5, 5.41) is 15.0. The van der Waals surface area contributed by atoms with E-state index in [0.717, 1.165) is 4.88 Å². The molecule has 9 heteroatoms.